The predicted octanol–water partition coefficient (Wildman–Crippen LogP) is 0.926. The van der Waals surface area contributed by atoms with Crippen molar-refractivity contribution >= 4 is 22.3 Å². The molecule has 5 nitrogen and oxygen atoms in total. The second kappa shape index (κ2) is 4.66. The van der Waals surface area contributed by atoms with E-state index in [1.165, 1.54) is 14.2 Å². The van der Waals surface area contributed by atoms with Crippen LogP contribution in [-0.2, 0) is 16.0 Å². The highest BCUT2D eigenvalue weighted by molar-refractivity contribution is 7.18. The largest absolute Gasteiger partial charge is 0.487 e. The van der Waals surface area contributed by atoms with Crippen molar-refractivity contribution in [3.63, 3.8) is 0 Å². The third-order valence-corrected chi connectivity index (χ3v) is 2.87. The zero-order valence-corrected chi connectivity index (χ0v) is 9.18. The second-order valence-electron chi connectivity index (χ2n) is 2.68. The van der Waals surface area contributed by atoms with Crippen molar-refractivity contribution in [2.75, 3.05) is 20.0 Å². The summed E-state index contributed by atoms with van der Waals surface area (Å²) in [7, 11) is 2.75. The van der Waals surface area contributed by atoms with Crippen LogP contribution in [0, 0.1) is 11.3 Å². The molecule has 0 spiro atoms. The maximum atomic E-state index is 11.1. The second-order valence-corrected chi connectivity index (χ2v) is 3.69. The van der Waals surface area contributed by atoms with Gasteiger partial charge in [-0.05, 0) is 0 Å². The average molecular weight is 226 g/mol. The summed E-state index contributed by atoms with van der Waals surface area (Å²) in [5.74, 6) is -0.428. The Morgan fingerprint density at radius 3 is 2.73 bits per heavy atom. The molecule has 0 unspecified atom stereocenters. The number of esters is 1. The Morgan fingerprint density at radius 2 is 2.27 bits per heavy atom. The summed E-state index contributed by atoms with van der Waals surface area (Å²) in [5, 5.41) is 9.70. The summed E-state index contributed by atoms with van der Waals surface area (Å²) in [6.45, 7) is 0. The minimum absolute atomic E-state index is 0.00370. The summed E-state index contributed by atoms with van der Waals surface area (Å²) in [6.07, 6.45) is -0.00370. The highest BCUT2D eigenvalue weighted by atomic mass is 32.1. The maximum Gasteiger partial charge on any atom is 0.310 e. The van der Waals surface area contributed by atoms with Gasteiger partial charge in [0.2, 0.25) is 0 Å². The first-order valence-corrected chi connectivity index (χ1v) is 4.87. The van der Waals surface area contributed by atoms with E-state index in [2.05, 4.69) is 4.74 Å². The number of anilines is 1. The van der Waals surface area contributed by atoms with Gasteiger partial charge in [0.15, 0.2) is 5.06 Å². The van der Waals surface area contributed by atoms with E-state index in [0.29, 0.717) is 21.2 Å². The van der Waals surface area contributed by atoms with Gasteiger partial charge in [0.25, 0.3) is 0 Å². The molecule has 0 fully saturated rings. The molecule has 1 aromatic heterocycles. The van der Waals surface area contributed by atoms with Crippen LogP contribution in [0.25, 0.3) is 0 Å². The molecule has 1 rings (SSSR count). The molecule has 1 aromatic rings. The predicted molar refractivity (Wildman–Crippen MR) is 55.7 cm³/mol. The van der Waals surface area contributed by atoms with Gasteiger partial charge in [-0.3, -0.25) is 4.79 Å². The molecular weight excluding hydrogens is 216 g/mol. The number of rotatable bonds is 3. The topological polar surface area (TPSA) is 85.3 Å². The van der Waals surface area contributed by atoms with Gasteiger partial charge < -0.3 is 15.2 Å². The van der Waals surface area contributed by atoms with E-state index >= 15 is 0 Å². The lowest BCUT2D eigenvalue weighted by atomic mass is 10.1. The summed E-state index contributed by atoms with van der Waals surface area (Å²) in [4.78, 5) is 11.1. The van der Waals surface area contributed by atoms with E-state index in [-0.39, 0.29) is 6.42 Å². The average Bonchev–Trinajstić information content (AvgIpc) is 2.54. The number of nitrogens with zero attached hydrogens (tertiary/aromatic N) is 1. The minimum Gasteiger partial charge on any atom is -0.487 e. The molecule has 80 valence electrons. The van der Waals surface area contributed by atoms with E-state index in [0.717, 1.165) is 11.3 Å². The van der Waals surface area contributed by atoms with E-state index in [4.69, 9.17) is 15.7 Å². The molecule has 0 saturated heterocycles. The van der Waals surface area contributed by atoms with Crippen molar-refractivity contribution < 1.29 is 14.3 Å². The number of nitriles is 1. The van der Waals surface area contributed by atoms with Gasteiger partial charge in [-0.1, -0.05) is 11.3 Å². The number of methoxy groups -OCH3 is 2. The van der Waals surface area contributed by atoms with Gasteiger partial charge >= 0.3 is 5.97 Å². The summed E-state index contributed by atoms with van der Waals surface area (Å²) in [5.41, 5.74) is 6.40. The number of nitrogen functional groups attached to an aromatic ring is 1. The van der Waals surface area contributed by atoms with Gasteiger partial charge in [-0.15, -0.1) is 0 Å². The van der Waals surface area contributed by atoms with Gasteiger partial charge in [0, 0.05) is 5.56 Å². The lowest BCUT2D eigenvalue weighted by Crippen LogP contribution is -2.06. The number of carbonyl (C=O) groups excluding carboxylic acids is 1. The lowest BCUT2D eigenvalue weighted by Gasteiger charge is -2.01. The normalized spacial score (nSPS) is 9.40. The highest BCUT2D eigenvalue weighted by Crippen LogP contribution is 2.37. The Kier molecular flexibility index (Phi) is 3.52. The third-order valence-electron chi connectivity index (χ3n) is 1.84. The van der Waals surface area contributed by atoms with E-state index < -0.39 is 5.97 Å². The number of hydrogen-bond acceptors (Lipinski definition) is 6. The number of hydrogen-bond donors (Lipinski definition) is 1. The fourth-order valence-electron chi connectivity index (χ4n) is 1.13. The van der Waals surface area contributed by atoms with Crippen molar-refractivity contribution in [3.05, 3.63) is 11.1 Å². The summed E-state index contributed by atoms with van der Waals surface area (Å²) < 4.78 is 9.56. The molecular formula is C9H10N2O3S. The van der Waals surface area contributed by atoms with Crippen LogP contribution in [0.5, 0.6) is 5.06 Å². The fourth-order valence-corrected chi connectivity index (χ4v) is 1.98. The Labute approximate surface area is 91.0 Å². The monoisotopic (exact) mass is 226 g/mol. The molecule has 0 aromatic carbocycles. The van der Waals surface area contributed by atoms with Crippen LogP contribution in [-0.4, -0.2) is 20.2 Å². The molecule has 0 bridgehead atoms. The lowest BCUT2D eigenvalue weighted by molar-refractivity contribution is -0.139. The highest BCUT2D eigenvalue weighted by Gasteiger charge is 2.19. The maximum absolute atomic E-state index is 11.1. The molecule has 0 aliphatic heterocycles. The van der Waals surface area contributed by atoms with Crippen molar-refractivity contribution in [1.29, 1.82) is 5.26 Å². The van der Waals surface area contributed by atoms with Crippen molar-refractivity contribution in [1.82, 2.24) is 0 Å². The number of thiophene rings is 1. The number of ether oxygens (including phenoxy) is 2. The van der Waals surface area contributed by atoms with Gasteiger partial charge in [-0.2, -0.15) is 5.26 Å². The standard InChI is InChI=1S/C9H10N2O3S/c1-13-7(12)3-5-6(4-10)8(11)15-9(5)14-2/h3,11H2,1-2H3. The number of carbonyl (C=O) groups is 1. The van der Waals surface area contributed by atoms with Gasteiger partial charge in [-0.25, -0.2) is 0 Å². The van der Waals surface area contributed by atoms with Crippen LogP contribution < -0.4 is 10.5 Å². The molecule has 0 aliphatic rings. The molecule has 1 heterocycles. The van der Waals surface area contributed by atoms with Crippen LogP contribution in [0.1, 0.15) is 11.1 Å². The number of nitrogens with two attached hydrogens (primary N) is 1. The molecule has 0 amide bonds. The van der Waals surface area contributed by atoms with Crippen molar-refractivity contribution in [2.24, 2.45) is 0 Å². The molecule has 0 aliphatic carbocycles. The van der Waals surface area contributed by atoms with Crippen LogP contribution >= 0.6 is 11.3 Å². The summed E-state index contributed by atoms with van der Waals surface area (Å²) in [6, 6.07) is 1.95. The van der Waals surface area contributed by atoms with E-state index in [9.17, 15) is 4.79 Å². The van der Waals surface area contributed by atoms with E-state index in [1.54, 1.807) is 0 Å². The first-order valence-electron chi connectivity index (χ1n) is 4.06. The van der Waals surface area contributed by atoms with Crippen LogP contribution in [0.4, 0.5) is 5.00 Å². The minimum atomic E-state index is -0.428. The first kappa shape index (κ1) is 11.3. The smallest absolute Gasteiger partial charge is 0.310 e. The Hall–Kier alpha value is -1.74. The Bertz CT molecular complexity index is 420. The molecule has 2 N–H and O–H groups in total. The summed E-state index contributed by atoms with van der Waals surface area (Å²) >= 11 is 1.14. The quantitative estimate of drug-likeness (QED) is 0.775. The molecule has 15 heavy (non-hydrogen) atoms. The molecule has 0 radical (unpaired) electrons. The Morgan fingerprint density at radius 1 is 1.60 bits per heavy atom. The molecule has 6 heteroatoms. The van der Waals surface area contributed by atoms with Gasteiger partial charge in [0.05, 0.1) is 26.2 Å². The van der Waals surface area contributed by atoms with Crippen LogP contribution in [0.15, 0.2) is 0 Å². The zero-order chi connectivity index (χ0) is 11.4. The molecule has 0 saturated carbocycles. The fraction of sp³-hybridized carbons (Fsp3) is 0.333. The van der Waals surface area contributed by atoms with E-state index in [1.807, 2.05) is 6.07 Å². The van der Waals surface area contributed by atoms with Crippen LogP contribution in [0.2, 0.25) is 0 Å². The van der Waals surface area contributed by atoms with Crippen molar-refractivity contribution in [2.45, 2.75) is 6.42 Å². The van der Waals surface area contributed by atoms with Crippen molar-refractivity contribution in [3.8, 4) is 11.1 Å². The zero-order valence-electron chi connectivity index (χ0n) is 8.36. The SMILES string of the molecule is COC(=O)Cc1c(OC)sc(N)c1C#N. The van der Waals surface area contributed by atoms with Gasteiger partial charge in [0.1, 0.15) is 11.1 Å². The van der Waals surface area contributed by atoms with Crippen LogP contribution in [0.3, 0.4) is 0 Å². The Balaban J connectivity index is 3.13. The molecule has 0 atom stereocenters. The third kappa shape index (κ3) is 2.19. The first-order chi connectivity index (χ1) is 7.13.